The lowest BCUT2D eigenvalue weighted by molar-refractivity contribution is -0.137. The van der Waals surface area contributed by atoms with Crippen LogP contribution < -0.4 is 4.74 Å². The Labute approximate surface area is 128 Å². The van der Waals surface area contributed by atoms with E-state index in [-0.39, 0.29) is 22.6 Å². The summed E-state index contributed by atoms with van der Waals surface area (Å²) in [5.41, 5.74) is -1.42. The molecule has 0 fully saturated rings. The van der Waals surface area contributed by atoms with Crippen molar-refractivity contribution in [1.29, 1.82) is 0 Å². The highest BCUT2D eigenvalue weighted by atomic mass is 19.4. The van der Waals surface area contributed by atoms with E-state index >= 15 is 0 Å². The van der Waals surface area contributed by atoms with Crippen LogP contribution in [0, 0.1) is 5.82 Å². The lowest BCUT2D eigenvalue weighted by Crippen LogP contribution is -2.08. The Bertz CT molecular complexity index is 744. The Morgan fingerprint density at radius 2 is 1.87 bits per heavy atom. The average molecular weight is 329 g/mol. The van der Waals surface area contributed by atoms with Crippen molar-refractivity contribution >= 4 is 5.97 Å². The minimum absolute atomic E-state index is 0.0360. The van der Waals surface area contributed by atoms with E-state index in [4.69, 9.17) is 4.74 Å². The van der Waals surface area contributed by atoms with E-state index in [9.17, 15) is 22.4 Å². The van der Waals surface area contributed by atoms with E-state index in [0.717, 1.165) is 19.4 Å². The average Bonchev–Trinajstić information content (AvgIpc) is 2.52. The second-order valence-electron chi connectivity index (χ2n) is 4.46. The quantitative estimate of drug-likeness (QED) is 0.636. The highest BCUT2D eigenvalue weighted by Crippen LogP contribution is 2.34. The van der Waals surface area contributed by atoms with Crippen LogP contribution in [-0.4, -0.2) is 25.2 Å². The lowest BCUT2D eigenvalue weighted by atomic mass is 10.0. The van der Waals surface area contributed by atoms with Crippen LogP contribution >= 0.6 is 0 Å². The van der Waals surface area contributed by atoms with E-state index in [1.165, 1.54) is 13.2 Å². The predicted octanol–water partition coefficient (Wildman–Crippen LogP) is 3.70. The molecule has 0 aliphatic heterocycles. The molecular formula is C15H11F4NO3. The molecule has 0 bridgehead atoms. The number of aromatic nitrogens is 1. The zero-order valence-corrected chi connectivity index (χ0v) is 12.1. The first-order chi connectivity index (χ1) is 10.8. The number of methoxy groups -OCH3 is 2. The molecule has 2 rings (SSSR count). The van der Waals surface area contributed by atoms with Gasteiger partial charge in [0, 0.05) is 17.3 Å². The maximum absolute atomic E-state index is 13.9. The Kier molecular flexibility index (Phi) is 4.53. The number of carbonyl (C=O) groups is 1. The molecule has 23 heavy (non-hydrogen) atoms. The topological polar surface area (TPSA) is 48.4 Å². The summed E-state index contributed by atoms with van der Waals surface area (Å²) < 4.78 is 61.6. The summed E-state index contributed by atoms with van der Waals surface area (Å²) in [6, 6.07) is 3.26. The predicted molar refractivity (Wildman–Crippen MR) is 72.5 cm³/mol. The number of hydrogen-bond acceptors (Lipinski definition) is 4. The molecule has 8 heteroatoms. The number of benzene rings is 1. The van der Waals surface area contributed by atoms with Gasteiger partial charge in [0.1, 0.15) is 5.82 Å². The van der Waals surface area contributed by atoms with Gasteiger partial charge in [-0.2, -0.15) is 13.2 Å². The number of esters is 1. The first-order valence-electron chi connectivity index (χ1n) is 6.27. The van der Waals surface area contributed by atoms with Crippen molar-refractivity contribution in [2.24, 2.45) is 0 Å². The first kappa shape index (κ1) is 16.7. The third-order valence-corrected chi connectivity index (χ3v) is 3.06. The Hall–Kier alpha value is -2.64. The van der Waals surface area contributed by atoms with Gasteiger partial charge in [-0.05, 0) is 24.3 Å². The molecule has 0 aliphatic rings. The maximum Gasteiger partial charge on any atom is 0.416 e. The van der Waals surface area contributed by atoms with Crippen LogP contribution in [0.4, 0.5) is 17.6 Å². The van der Waals surface area contributed by atoms with Gasteiger partial charge in [-0.1, -0.05) is 0 Å². The van der Waals surface area contributed by atoms with Crippen LogP contribution in [0.15, 0.2) is 30.5 Å². The van der Waals surface area contributed by atoms with Gasteiger partial charge < -0.3 is 9.47 Å². The number of nitrogens with zero attached hydrogens (tertiary/aromatic N) is 1. The number of carbonyl (C=O) groups excluding carboxylic acids is 1. The molecule has 4 nitrogen and oxygen atoms in total. The van der Waals surface area contributed by atoms with Crippen LogP contribution in [0.2, 0.25) is 0 Å². The normalized spacial score (nSPS) is 11.2. The fourth-order valence-electron chi connectivity index (χ4n) is 1.92. The summed E-state index contributed by atoms with van der Waals surface area (Å²) in [6.45, 7) is 0. The molecule has 0 N–H and O–H groups in total. The van der Waals surface area contributed by atoms with Gasteiger partial charge in [0.15, 0.2) is 11.4 Å². The van der Waals surface area contributed by atoms with Gasteiger partial charge in [0.2, 0.25) is 0 Å². The summed E-state index contributed by atoms with van der Waals surface area (Å²) in [5.74, 6) is -1.67. The van der Waals surface area contributed by atoms with Crippen molar-refractivity contribution in [3.05, 3.63) is 47.5 Å². The van der Waals surface area contributed by atoms with Gasteiger partial charge in [-0.25, -0.2) is 14.2 Å². The van der Waals surface area contributed by atoms with E-state index in [1.807, 2.05) is 0 Å². The fraction of sp³-hybridized carbons (Fsp3) is 0.200. The zero-order chi connectivity index (χ0) is 17.2. The molecule has 1 heterocycles. The van der Waals surface area contributed by atoms with Gasteiger partial charge in [-0.15, -0.1) is 0 Å². The number of hydrogen-bond donors (Lipinski definition) is 0. The monoisotopic (exact) mass is 329 g/mol. The number of alkyl halides is 3. The minimum Gasteiger partial charge on any atom is -0.494 e. The molecular weight excluding hydrogens is 318 g/mol. The van der Waals surface area contributed by atoms with E-state index in [1.54, 1.807) is 0 Å². The molecule has 0 saturated carbocycles. The third kappa shape index (κ3) is 3.41. The first-order valence-corrected chi connectivity index (χ1v) is 6.27. The molecule has 0 unspecified atom stereocenters. The number of halogens is 4. The summed E-state index contributed by atoms with van der Waals surface area (Å²) in [5, 5.41) is 0. The van der Waals surface area contributed by atoms with Crippen LogP contribution in [-0.2, 0) is 10.9 Å². The minimum atomic E-state index is -4.61. The number of ether oxygens (including phenoxy) is 2. The Balaban J connectivity index is 2.56. The third-order valence-electron chi connectivity index (χ3n) is 3.06. The molecule has 1 aromatic carbocycles. The lowest BCUT2D eigenvalue weighted by Gasteiger charge is -2.12. The molecule has 0 radical (unpaired) electrons. The van der Waals surface area contributed by atoms with E-state index in [0.29, 0.717) is 12.1 Å². The highest BCUT2D eigenvalue weighted by Gasteiger charge is 2.31. The van der Waals surface area contributed by atoms with Crippen LogP contribution in [0.3, 0.4) is 0 Å². The molecule has 0 aliphatic carbocycles. The molecule has 1 aromatic heterocycles. The molecule has 0 atom stereocenters. The molecule has 0 saturated heterocycles. The van der Waals surface area contributed by atoms with E-state index < -0.39 is 23.5 Å². The molecule has 2 aromatic rings. The van der Waals surface area contributed by atoms with Crippen molar-refractivity contribution in [3.63, 3.8) is 0 Å². The smallest absolute Gasteiger partial charge is 0.416 e. The number of pyridine rings is 1. The van der Waals surface area contributed by atoms with Gasteiger partial charge in [-0.3, -0.25) is 0 Å². The van der Waals surface area contributed by atoms with E-state index in [2.05, 4.69) is 9.72 Å². The maximum atomic E-state index is 13.9. The second-order valence-corrected chi connectivity index (χ2v) is 4.46. The largest absolute Gasteiger partial charge is 0.494 e. The summed E-state index contributed by atoms with van der Waals surface area (Å²) in [7, 11) is 2.39. The molecule has 122 valence electrons. The van der Waals surface area contributed by atoms with Crippen molar-refractivity contribution in [2.75, 3.05) is 14.2 Å². The Morgan fingerprint density at radius 3 is 2.43 bits per heavy atom. The van der Waals surface area contributed by atoms with Gasteiger partial charge in [0.05, 0.1) is 19.8 Å². The summed E-state index contributed by atoms with van der Waals surface area (Å²) >= 11 is 0. The SMILES string of the molecule is COC(=O)c1ncc(-c2cc(C(F)(F)F)ccc2F)cc1OC. The van der Waals surface area contributed by atoms with Crippen molar-refractivity contribution < 1.29 is 31.8 Å². The fourth-order valence-corrected chi connectivity index (χ4v) is 1.92. The van der Waals surface area contributed by atoms with Crippen LogP contribution in [0.5, 0.6) is 5.75 Å². The van der Waals surface area contributed by atoms with Crippen molar-refractivity contribution in [1.82, 2.24) is 4.98 Å². The van der Waals surface area contributed by atoms with Gasteiger partial charge >= 0.3 is 12.1 Å². The highest BCUT2D eigenvalue weighted by molar-refractivity contribution is 5.91. The summed E-state index contributed by atoms with van der Waals surface area (Å²) in [6.07, 6.45) is -3.53. The second kappa shape index (κ2) is 6.23. The van der Waals surface area contributed by atoms with Crippen molar-refractivity contribution in [3.8, 4) is 16.9 Å². The molecule has 0 amide bonds. The van der Waals surface area contributed by atoms with Crippen LogP contribution in [0.25, 0.3) is 11.1 Å². The zero-order valence-electron chi connectivity index (χ0n) is 12.1. The Morgan fingerprint density at radius 1 is 1.17 bits per heavy atom. The molecule has 0 spiro atoms. The summed E-state index contributed by atoms with van der Waals surface area (Å²) in [4.78, 5) is 15.3. The van der Waals surface area contributed by atoms with Gasteiger partial charge in [0.25, 0.3) is 0 Å². The number of rotatable bonds is 3. The van der Waals surface area contributed by atoms with Crippen LogP contribution in [0.1, 0.15) is 16.1 Å². The van der Waals surface area contributed by atoms with Crippen molar-refractivity contribution in [2.45, 2.75) is 6.18 Å². The standard InChI is InChI=1S/C15H11F4NO3/c1-22-12-5-8(7-20-13(12)14(21)23-2)10-6-9(15(17,18)19)3-4-11(10)16/h3-7H,1-2H3.